The van der Waals surface area contributed by atoms with E-state index < -0.39 is 0 Å². The molecule has 9 aromatic carbocycles. The normalized spacial score (nSPS) is 12.1. The maximum Gasteiger partial charge on any atom is 0.240 e. The first kappa shape index (κ1) is 32.0. The SMILES string of the molecule is c1ccc2c(c1)nc(-c1cccc3oc4ccccc4c13)n2-c1nc(-c2ccc3c(c2)oc2ccccc23)nc(-c2ccc3c4ccccc4c4ccccc4c3c2)n1. The van der Waals surface area contributed by atoms with E-state index in [1.54, 1.807) is 0 Å². The topological polar surface area (TPSA) is 82.8 Å². The molecule has 0 amide bonds. The van der Waals surface area contributed by atoms with Gasteiger partial charge in [-0.2, -0.15) is 9.97 Å². The summed E-state index contributed by atoms with van der Waals surface area (Å²) in [5.41, 5.74) is 7.51. The second-order valence-electron chi connectivity index (χ2n) is 15.0. The summed E-state index contributed by atoms with van der Waals surface area (Å²) in [6.07, 6.45) is 0. The van der Waals surface area contributed by atoms with Gasteiger partial charge in [-0.1, -0.05) is 127 Å². The quantitative estimate of drug-likeness (QED) is 0.166. The zero-order chi connectivity index (χ0) is 38.6. The summed E-state index contributed by atoms with van der Waals surface area (Å²) in [7, 11) is 0. The van der Waals surface area contributed by atoms with Crippen LogP contribution in [0.1, 0.15) is 0 Å². The third-order valence-corrected chi connectivity index (χ3v) is 11.7. The van der Waals surface area contributed by atoms with Gasteiger partial charge in [0.2, 0.25) is 5.95 Å². The van der Waals surface area contributed by atoms with Gasteiger partial charge in [-0.25, -0.2) is 9.97 Å². The summed E-state index contributed by atoms with van der Waals surface area (Å²) < 4.78 is 14.8. The summed E-state index contributed by atoms with van der Waals surface area (Å²) in [6.45, 7) is 0. The molecular weight excluding hydrogens is 727 g/mol. The van der Waals surface area contributed by atoms with E-state index in [0.717, 1.165) is 77.0 Å². The number of hydrogen-bond donors (Lipinski definition) is 0. The van der Waals surface area contributed by atoms with Crippen molar-refractivity contribution in [3.8, 4) is 40.1 Å². The number of benzene rings is 9. The molecule has 7 nitrogen and oxygen atoms in total. The molecule has 0 aliphatic rings. The van der Waals surface area contributed by atoms with Crippen LogP contribution < -0.4 is 0 Å². The average molecular weight is 756 g/mol. The van der Waals surface area contributed by atoms with Crippen molar-refractivity contribution in [3.05, 3.63) is 176 Å². The van der Waals surface area contributed by atoms with Gasteiger partial charge in [0.05, 0.1) is 11.0 Å². The van der Waals surface area contributed by atoms with E-state index in [0.29, 0.717) is 23.4 Å². The molecule has 0 spiro atoms. The molecule has 0 atom stereocenters. The Kier molecular flexibility index (Phi) is 6.60. The Bertz CT molecular complexity index is 3840. The lowest BCUT2D eigenvalue weighted by molar-refractivity contribution is 0.668. The zero-order valence-corrected chi connectivity index (χ0v) is 31.3. The molecule has 4 heterocycles. The van der Waals surface area contributed by atoms with Gasteiger partial charge in [0.25, 0.3) is 0 Å². The fraction of sp³-hybridized carbons (Fsp3) is 0. The monoisotopic (exact) mass is 755 g/mol. The van der Waals surface area contributed by atoms with Gasteiger partial charge in [-0.15, -0.1) is 0 Å². The van der Waals surface area contributed by atoms with E-state index in [1.165, 1.54) is 26.9 Å². The van der Waals surface area contributed by atoms with E-state index in [2.05, 4.69) is 108 Å². The van der Waals surface area contributed by atoms with Crippen LogP contribution in [-0.4, -0.2) is 24.5 Å². The van der Waals surface area contributed by atoms with Crippen molar-refractivity contribution in [2.75, 3.05) is 0 Å². The maximum absolute atomic E-state index is 6.36. The number of fused-ring (bicyclic) bond motifs is 13. The van der Waals surface area contributed by atoms with Gasteiger partial charge >= 0.3 is 0 Å². The number of aromatic nitrogens is 5. The highest BCUT2D eigenvalue weighted by molar-refractivity contribution is 6.25. The zero-order valence-electron chi connectivity index (χ0n) is 31.3. The van der Waals surface area contributed by atoms with Gasteiger partial charge in [0.1, 0.15) is 28.2 Å². The van der Waals surface area contributed by atoms with Crippen LogP contribution in [0.5, 0.6) is 0 Å². The Morgan fingerprint density at radius 2 is 0.881 bits per heavy atom. The predicted octanol–water partition coefficient (Wildman–Crippen LogP) is 13.5. The Labute approximate surface area is 335 Å². The molecule has 0 radical (unpaired) electrons. The van der Waals surface area contributed by atoms with Crippen molar-refractivity contribution in [3.63, 3.8) is 0 Å². The Hall–Kier alpha value is -8.16. The highest BCUT2D eigenvalue weighted by Crippen LogP contribution is 2.40. The van der Waals surface area contributed by atoms with E-state index in [-0.39, 0.29) is 0 Å². The number of nitrogens with zero attached hydrogens (tertiary/aromatic N) is 5. The number of rotatable bonds is 4. The van der Waals surface area contributed by atoms with Crippen LogP contribution in [0.3, 0.4) is 0 Å². The number of para-hydroxylation sites is 4. The number of hydrogen-bond acceptors (Lipinski definition) is 6. The standard InChI is InChI=1S/C52H29N5O2/c1-2-14-34-32(12-1)33-13-3-4-15-35(33)41-28-30(24-26-36(34)41)49-54-50(31-25-27-38-37-16-5-9-21-44(37)59-47(38)29-31)56-52(55-49)57-43-20-8-7-19-42(43)53-51(57)40-18-11-23-46-48(40)39-17-6-10-22-45(39)58-46/h1-29H. The molecular formula is C52H29N5O2. The third kappa shape index (κ3) is 4.76. The van der Waals surface area contributed by atoms with Crippen molar-refractivity contribution >= 4 is 87.2 Å². The van der Waals surface area contributed by atoms with E-state index in [1.807, 2.05) is 72.8 Å². The molecule has 0 saturated heterocycles. The number of imidazole rings is 1. The van der Waals surface area contributed by atoms with E-state index in [9.17, 15) is 0 Å². The molecule has 0 aliphatic heterocycles. The summed E-state index contributed by atoms with van der Waals surface area (Å²) in [5.74, 6) is 2.22. The summed E-state index contributed by atoms with van der Waals surface area (Å²) in [4.78, 5) is 21.1. The number of furan rings is 2. The molecule has 0 saturated carbocycles. The van der Waals surface area contributed by atoms with Crippen LogP contribution in [0.2, 0.25) is 0 Å². The first-order valence-electron chi connectivity index (χ1n) is 19.6. The van der Waals surface area contributed by atoms with Crippen LogP contribution in [0.4, 0.5) is 0 Å². The highest BCUT2D eigenvalue weighted by Gasteiger charge is 2.23. The molecule has 13 rings (SSSR count). The molecule has 0 fully saturated rings. The Morgan fingerprint density at radius 1 is 0.356 bits per heavy atom. The largest absolute Gasteiger partial charge is 0.456 e. The third-order valence-electron chi connectivity index (χ3n) is 11.7. The van der Waals surface area contributed by atoms with Crippen molar-refractivity contribution in [1.29, 1.82) is 0 Å². The first-order valence-corrected chi connectivity index (χ1v) is 19.6. The van der Waals surface area contributed by atoms with Crippen molar-refractivity contribution in [1.82, 2.24) is 24.5 Å². The van der Waals surface area contributed by atoms with Crippen LogP contribution in [-0.2, 0) is 0 Å². The summed E-state index contributed by atoms with van der Waals surface area (Å²) in [5, 5.41) is 11.2. The van der Waals surface area contributed by atoms with Crippen molar-refractivity contribution in [2.45, 2.75) is 0 Å². The lowest BCUT2D eigenvalue weighted by Gasteiger charge is -2.14. The molecule has 7 heteroatoms. The summed E-state index contributed by atoms with van der Waals surface area (Å²) in [6, 6.07) is 60.4. The lowest BCUT2D eigenvalue weighted by atomic mass is 9.93. The second kappa shape index (κ2) is 12.2. The fourth-order valence-corrected chi connectivity index (χ4v) is 9.00. The van der Waals surface area contributed by atoms with E-state index in [4.69, 9.17) is 28.8 Å². The molecule has 59 heavy (non-hydrogen) atoms. The van der Waals surface area contributed by atoms with Gasteiger partial charge < -0.3 is 8.83 Å². The molecule has 0 bridgehead atoms. The minimum Gasteiger partial charge on any atom is -0.456 e. The minimum absolute atomic E-state index is 0.451. The molecule has 4 aromatic heterocycles. The van der Waals surface area contributed by atoms with Crippen molar-refractivity contribution < 1.29 is 8.83 Å². The van der Waals surface area contributed by atoms with Crippen LogP contribution >= 0.6 is 0 Å². The fourth-order valence-electron chi connectivity index (χ4n) is 9.00. The molecule has 0 aliphatic carbocycles. The highest BCUT2D eigenvalue weighted by atomic mass is 16.3. The van der Waals surface area contributed by atoms with Crippen LogP contribution in [0, 0.1) is 0 Å². The average Bonchev–Trinajstić information content (AvgIpc) is 4.00. The molecule has 13 aromatic rings. The van der Waals surface area contributed by atoms with Crippen molar-refractivity contribution in [2.24, 2.45) is 0 Å². The Balaban J connectivity index is 1.10. The van der Waals surface area contributed by atoms with Gasteiger partial charge in [-0.3, -0.25) is 4.57 Å². The molecule has 274 valence electrons. The smallest absolute Gasteiger partial charge is 0.240 e. The molecule has 0 unspecified atom stereocenters. The van der Waals surface area contributed by atoms with Crippen LogP contribution in [0.15, 0.2) is 185 Å². The maximum atomic E-state index is 6.36. The lowest BCUT2D eigenvalue weighted by Crippen LogP contribution is -2.08. The van der Waals surface area contributed by atoms with E-state index >= 15 is 0 Å². The second-order valence-corrected chi connectivity index (χ2v) is 15.0. The van der Waals surface area contributed by atoms with Gasteiger partial charge in [0.15, 0.2) is 11.6 Å². The Morgan fingerprint density at radius 3 is 1.63 bits per heavy atom. The molecule has 0 N–H and O–H groups in total. The van der Waals surface area contributed by atoms with Gasteiger partial charge in [-0.05, 0) is 80.8 Å². The summed E-state index contributed by atoms with van der Waals surface area (Å²) >= 11 is 0. The van der Waals surface area contributed by atoms with Crippen LogP contribution in [0.25, 0.3) is 127 Å². The van der Waals surface area contributed by atoms with Gasteiger partial charge in [0, 0.05) is 38.2 Å². The first-order chi connectivity index (χ1) is 29.2. The predicted molar refractivity (Wildman–Crippen MR) is 238 cm³/mol. The minimum atomic E-state index is 0.451.